The zero-order chi connectivity index (χ0) is 22.7. The van der Waals surface area contributed by atoms with Crippen LogP contribution in [0.15, 0.2) is 77.6 Å². The van der Waals surface area contributed by atoms with E-state index in [1.165, 1.54) is 0 Å². The van der Waals surface area contributed by atoms with Gasteiger partial charge in [0, 0.05) is 36.2 Å². The van der Waals surface area contributed by atoms with Crippen molar-refractivity contribution >= 4 is 45.1 Å². The predicted molar refractivity (Wildman–Crippen MR) is 126 cm³/mol. The number of hydrogen-bond donors (Lipinski definition) is 1. The number of esters is 1. The number of aromatic nitrogens is 1. The number of nitrogens with zero attached hydrogens (tertiary/aromatic N) is 2. The molecule has 0 aliphatic heterocycles. The molecule has 1 N–H and O–H groups in total. The molecule has 1 amide bonds. The van der Waals surface area contributed by atoms with Crippen LogP contribution in [-0.2, 0) is 20.9 Å². The van der Waals surface area contributed by atoms with Gasteiger partial charge in [-0.25, -0.2) is 0 Å². The number of carbonyl (C=O) groups excluding carboxylic acids is 2. The summed E-state index contributed by atoms with van der Waals surface area (Å²) in [6.45, 7) is -0.517. The molecule has 0 saturated carbocycles. The summed E-state index contributed by atoms with van der Waals surface area (Å²) in [5.74, 6) is -0.993. The van der Waals surface area contributed by atoms with E-state index in [9.17, 15) is 14.4 Å². The Morgan fingerprint density at radius 2 is 1.44 bits per heavy atom. The number of hydrogen-bond acceptors (Lipinski definition) is 5. The van der Waals surface area contributed by atoms with Gasteiger partial charge in [0.15, 0.2) is 12.0 Å². The van der Waals surface area contributed by atoms with Gasteiger partial charge in [-0.3, -0.25) is 14.4 Å². The van der Waals surface area contributed by atoms with E-state index >= 15 is 0 Å². The zero-order valence-corrected chi connectivity index (χ0v) is 17.9. The van der Waals surface area contributed by atoms with Crippen molar-refractivity contribution in [2.75, 3.05) is 30.9 Å². The zero-order valence-electron chi connectivity index (χ0n) is 17.9. The number of fused-ring (bicyclic) bond motifs is 2. The molecule has 32 heavy (non-hydrogen) atoms. The van der Waals surface area contributed by atoms with Crippen LogP contribution in [0.4, 0.5) is 11.4 Å². The first kappa shape index (κ1) is 21.1. The van der Waals surface area contributed by atoms with Crippen LogP contribution in [0.3, 0.4) is 0 Å². The molecular weight excluding hydrogens is 406 g/mol. The smallest absolute Gasteiger partial charge is 0.326 e. The van der Waals surface area contributed by atoms with Crippen molar-refractivity contribution in [3.8, 4) is 0 Å². The SMILES string of the molecule is CN(C)c1ccc(NC(=O)COC(=O)Cn2c3ccccc3c(=O)c3ccccc32)cc1. The van der Waals surface area contributed by atoms with Crippen LogP contribution in [0.5, 0.6) is 0 Å². The lowest BCUT2D eigenvalue weighted by Gasteiger charge is -2.15. The number of rotatable bonds is 6. The largest absolute Gasteiger partial charge is 0.454 e. The van der Waals surface area contributed by atoms with Crippen LogP contribution in [0.25, 0.3) is 21.8 Å². The highest BCUT2D eigenvalue weighted by molar-refractivity contribution is 5.95. The Balaban J connectivity index is 1.48. The molecule has 3 aromatic carbocycles. The van der Waals surface area contributed by atoms with E-state index in [-0.39, 0.29) is 12.0 Å². The number of amides is 1. The van der Waals surface area contributed by atoms with Gasteiger partial charge in [-0.2, -0.15) is 0 Å². The summed E-state index contributed by atoms with van der Waals surface area (Å²) >= 11 is 0. The van der Waals surface area contributed by atoms with Crippen LogP contribution in [0, 0.1) is 0 Å². The second kappa shape index (κ2) is 8.93. The van der Waals surface area contributed by atoms with Gasteiger partial charge >= 0.3 is 5.97 Å². The van der Waals surface area contributed by atoms with Gasteiger partial charge in [0.2, 0.25) is 0 Å². The molecule has 0 radical (unpaired) electrons. The number of ether oxygens (including phenoxy) is 1. The predicted octanol–water partition coefficient (Wildman–Crippen LogP) is 3.40. The van der Waals surface area contributed by atoms with Crippen molar-refractivity contribution < 1.29 is 14.3 Å². The maximum Gasteiger partial charge on any atom is 0.326 e. The molecule has 0 unspecified atom stereocenters. The molecule has 4 rings (SSSR count). The molecule has 0 aliphatic rings. The Labute approximate surface area is 184 Å². The maximum atomic E-state index is 12.8. The second-order valence-corrected chi connectivity index (χ2v) is 7.60. The summed E-state index contributed by atoms with van der Waals surface area (Å²) < 4.78 is 6.95. The number of nitrogens with one attached hydrogen (secondary N) is 1. The van der Waals surface area contributed by atoms with E-state index in [1.807, 2.05) is 43.3 Å². The maximum absolute atomic E-state index is 12.8. The fourth-order valence-corrected chi connectivity index (χ4v) is 3.61. The minimum atomic E-state index is -0.568. The normalized spacial score (nSPS) is 10.8. The van der Waals surface area contributed by atoms with Crippen molar-refractivity contribution in [1.82, 2.24) is 4.57 Å². The standard InChI is InChI=1S/C25H23N3O4/c1-27(2)18-13-11-17(12-14-18)26-23(29)16-32-24(30)15-28-21-9-5-3-7-19(21)25(31)20-8-4-6-10-22(20)28/h3-14H,15-16H2,1-2H3,(H,26,29). The van der Waals surface area contributed by atoms with Crippen molar-refractivity contribution in [2.45, 2.75) is 6.54 Å². The van der Waals surface area contributed by atoms with Gasteiger partial charge < -0.3 is 19.5 Å². The Morgan fingerprint density at radius 1 is 0.875 bits per heavy atom. The van der Waals surface area contributed by atoms with Gasteiger partial charge in [0.05, 0.1) is 11.0 Å². The molecule has 1 heterocycles. The Hall–Kier alpha value is -4.13. The molecule has 7 heteroatoms. The number of benzene rings is 3. The quantitative estimate of drug-likeness (QED) is 0.375. The molecule has 7 nitrogen and oxygen atoms in total. The van der Waals surface area contributed by atoms with Crippen LogP contribution >= 0.6 is 0 Å². The first-order valence-corrected chi connectivity index (χ1v) is 10.2. The molecule has 0 saturated heterocycles. The number of para-hydroxylation sites is 2. The van der Waals surface area contributed by atoms with E-state index in [2.05, 4.69) is 5.32 Å². The lowest BCUT2D eigenvalue weighted by atomic mass is 10.1. The summed E-state index contributed by atoms with van der Waals surface area (Å²) in [5.41, 5.74) is 2.82. The Bertz CT molecular complexity index is 1300. The fourth-order valence-electron chi connectivity index (χ4n) is 3.61. The fraction of sp³-hybridized carbons (Fsp3) is 0.160. The lowest BCUT2D eigenvalue weighted by molar-refractivity contribution is -0.147. The third-order valence-corrected chi connectivity index (χ3v) is 5.20. The molecule has 0 atom stereocenters. The van der Waals surface area contributed by atoms with E-state index in [1.54, 1.807) is 53.1 Å². The van der Waals surface area contributed by atoms with Gasteiger partial charge in [0.25, 0.3) is 5.91 Å². The summed E-state index contributed by atoms with van der Waals surface area (Å²) in [5, 5.41) is 3.76. The summed E-state index contributed by atoms with van der Waals surface area (Å²) in [6.07, 6.45) is 0. The highest BCUT2D eigenvalue weighted by Crippen LogP contribution is 2.19. The van der Waals surface area contributed by atoms with Crippen molar-refractivity contribution in [3.63, 3.8) is 0 Å². The monoisotopic (exact) mass is 429 g/mol. The number of anilines is 2. The first-order valence-electron chi connectivity index (χ1n) is 10.2. The third kappa shape index (κ3) is 4.32. The average Bonchev–Trinajstić information content (AvgIpc) is 2.81. The van der Waals surface area contributed by atoms with Crippen molar-refractivity contribution in [1.29, 1.82) is 0 Å². The Morgan fingerprint density at radius 3 is 2.00 bits per heavy atom. The van der Waals surface area contributed by atoms with Crippen LogP contribution in [0.1, 0.15) is 0 Å². The van der Waals surface area contributed by atoms with Crippen molar-refractivity contribution in [2.24, 2.45) is 0 Å². The molecule has 4 aromatic rings. The lowest BCUT2D eigenvalue weighted by Crippen LogP contribution is -2.24. The average molecular weight is 429 g/mol. The minimum Gasteiger partial charge on any atom is -0.454 e. The van der Waals surface area contributed by atoms with Crippen LogP contribution < -0.4 is 15.6 Å². The van der Waals surface area contributed by atoms with Crippen LogP contribution in [-0.4, -0.2) is 37.1 Å². The van der Waals surface area contributed by atoms with Crippen molar-refractivity contribution in [3.05, 3.63) is 83.0 Å². The molecule has 0 bridgehead atoms. The second-order valence-electron chi connectivity index (χ2n) is 7.60. The van der Waals surface area contributed by atoms with Gasteiger partial charge in [-0.1, -0.05) is 24.3 Å². The van der Waals surface area contributed by atoms with Gasteiger partial charge in [-0.05, 0) is 48.5 Å². The van der Waals surface area contributed by atoms with Gasteiger partial charge in [-0.15, -0.1) is 0 Å². The topological polar surface area (TPSA) is 80.6 Å². The molecular formula is C25H23N3O4. The molecule has 1 aromatic heterocycles. The van der Waals surface area contributed by atoms with Crippen LogP contribution in [0.2, 0.25) is 0 Å². The molecule has 0 spiro atoms. The summed E-state index contributed by atoms with van der Waals surface area (Å²) in [4.78, 5) is 39.5. The van der Waals surface area contributed by atoms with E-state index in [4.69, 9.17) is 4.74 Å². The van der Waals surface area contributed by atoms with E-state index < -0.39 is 18.5 Å². The summed E-state index contributed by atoms with van der Waals surface area (Å²) in [6, 6.07) is 21.6. The highest BCUT2D eigenvalue weighted by atomic mass is 16.5. The molecule has 0 fully saturated rings. The minimum absolute atomic E-state index is 0.0829. The Kier molecular flexibility index (Phi) is 5.89. The molecule has 0 aliphatic carbocycles. The summed E-state index contributed by atoms with van der Waals surface area (Å²) in [7, 11) is 3.87. The number of pyridine rings is 1. The first-order chi connectivity index (χ1) is 15.4. The number of carbonyl (C=O) groups is 2. The van der Waals surface area contributed by atoms with E-state index in [0.29, 0.717) is 27.5 Å². The highest BCUT2D eigenvalue weighted by Gasteiger charge is 2.14. The van der Waals surface area contributed by atoms with E-state index in [0.717, 1.165) is 5.69 Å². The third-order valence-electron chi connectivity index (χ3n) is 5.20. The molecule has 162 valence electrons. The van der Waals surface area contributed by atoms with Gasteiger partial charge in [0.1, 0.15) is 6.54 Å².